The standard InChI is InChI=1S/C19H21ClN2O2/c1-12-9-13(2)21-17(12)19(24)22-8-4-6-15(11-22)18(23)14-5-3-7-16(20)10-14/h3,5,7,9-10,15,21H,4,6,8,11H2,1-2H3. The van der Waals surface area contributed by atoms with Crippen LogP contribution in [0.3, 0.4) is 0 Å². The molecule has 1 aromatic heterocycles. The van der Waals surface area contributed by atoms with Crippen molar-refractivity contribution in [1.82, 2.24) is 9.88 Å². The lowest BCUT2D eigenvalue weighted by atomic mass is 9.90. The fourth-order valence-electron chi connectivity index (χ4n) is 3.36. The molecule has 3 rings (SSSR count). The molecule has 24 heavy (non-hydrogen) atoms. The van der Waals surface area contributed by atoms with Gasteiger partial charge < -0.3 is 9.88 Å². The summed E-state index contributed by atoms with van der Waals surface area (Å²) in [6.07, 6.45) is 1.64. The summed E-state index contributed by atoms with van der Waals surface area (Å²) in [5, 5.41) is 0.557. The van der Waals surface area contributed by atoms with Crippen molar-refractivity contribution in [3.8, 4) is 0 Å². The molecule has 1 aliphatic heterocycles. The van der Waals surface area contributed by atoms with E-state index >= 15 is 0 Å². The third-order valence-corrected chi connectivity index (χ3v) is 4.79. The van der Waals surface area contributed by atoms with E-state index in [0.29, 0.717) is 29.4 Å². The van der Waals surface area contributed by atoms with Crippen LogP contribution in [0.25, 0.3) is 0 Å². The van der Waals surface area contributed by atoms with Crippen molar-refractivity contribution in [1.29, 1.82) is 0 Å². The number of benzene rings is 1. The molecule has 0 aliphatic carbocycles. The number of aromatic amines is 1. The molecule has 0 saturated carbocycles. The molecule has 1 N–H and O–H groups in total. The normalized spacial score (nSPS) is 17.8. The Labute approximate surface area is 146 Å². The van der Waals surface area contributed by atoms with Crippen molar-refractivity contribution < 1.29 is 9.59 Å². The Bertz CT molecular complexity index is 781. The summed E-state index contributed by atoms with van der Waals surface area (Å²) in [5.41, 5.74) is 3.16. The van der Waals surface area contributed by atoms with Crippen LogP contribution < -0.4 is 0 Å². The molecule has 1 amide bonds. The van der Waals surface area contributed by atoms with Crippen LogP contribution in [0.2, 0.25) is 5.02 Å². The first-order valence-corrected chi connectivity index (χ1v) is 8.59. The average molecular weight is 345 g/mol. The van der Waals surface area contributed by atoms with E-state index in [1.165, 1.54) is 0 Å². The number of piperidine rings is 1. The van der Waals surface area contributed by atoms with Crippen LogP contribution in [0, 0.1) is 19.8 Å². The van der Waals surface area contributed by atoms with Crippen molar-refractivity contribution in [3.63, 3.8) is 0 Å². The molecule has 1 unspecified atom stereocenters. The second-order valence-corrected chi connectivity index (χ2v) is 6.91. The van der Waals surface area contributed by atoms with Gasteiger partial charge in [-0.25, -0.2) is 0 Å². The monoisotopic (exact) mass is 344 g/mol. The minimum absolute atomic E-state index is 0.0239. The molecule has 2 aromatic rings. The summed E-state index contributed by atoms with van der Waals surface area (Å²) in [6.45, 7) is 5.01. The maximum Gasteiger partial charge on any atom is 0.270 e. The van der Waals surface area contributed by atoms with Crippen molar-refractivity contribution >= 4 is 23.3 Å². The highest BCUT2D eigenvalue weighted by molar-refractivity contribution is 6.31. The number of nitrogens with one attached hydrogen (secondary N) is 1. The summed E-state index contributed by atoms with van der Waals surface area (Å²) in [5.74, 6) is -0.129. The molecule has 0 radical (unpaired) electrons. The Kier molecular flexibility index (Phi) is 4.76. The Morgan fingerprint density at radius 2 is 2.04 bits per heavy atom. The molecule has 1 fully saturated rings. The number of nitrogens with zero attached hydrogens (tertiary/aromatic N) is 1. The number of likely N-dealkylation sites (tertiary alicyclic amines) is 1. The zero-order valence-corrected chi connectivity index (χ0v) is 14.7. The minimum atomic E-state index is -0.169. The van der Waals surface area contributed by atoms with E-state index in [-0.39, 0.29) is 17.6 Å². The number of halogens is 1. The third kappa shape index (κ3) is 3.39. The van der Waals surface area contributed by atoms with Gasteiger partial charge in [-0.2, -0.15) is 0 Å². The number of H-pyrrole nitrogens is 1. The second kappa shape index (κ2) is 6.81. The first-order chi connectivity index (χ1) is 11.5. The number of aryl methyl sites for hydroxylation is 2. The van der Waals surface area contributed by atoms with E-state index in [1.807, 2.05) is 19.9 Å². The van der Waals surface area contributed by atoms with Crippen LogP contribution in [0.15, 0.2) is 30.3 Å². The van der Waals surface area contributed by atoms with Crippen molar-refractivity contribution in [2.45, 2.75) is 26.7 Å². The molecule has 4 nitrogen and oxygen atoms in total. The van der Waals surface area contributed by atoms with E-state index in [2.05, 4.69) is 4.98 Å². The highest BCUT2D eigenvalue weighted by Gasteiger charge is 2.30. The van der Waals surface area contributed by atoms with Gasteiger partial charge in [0.1, 0.15) is 5.69 Å². The molecule has 1 saturated heterocycles. The highest BCUT2D eigenvalue weighted by atomic mass is 35.5. The predicted octanol–water partition coefficient (Wildman–Crippen LogP) is 4.02. The molecule has 1 aliphatic rings. The van der Waals surface area contributed by atoms with Crippen LogP contribution in [0.1, 0.15) is 44.9 Å². The Balaban J connectivity index is 1.75. The number of carbonyl (C=O) groups excluding carboxylic acids is 2. The van der Waals surface area contributed by atoms with Gasteiger partial charge in [-0.1, -0.05) is 23.7 Å². The number of amides is 1. The highest BCUT2D eigenvalue weighted by Crippen LogP contribution is 2.24. The molecule has 1 aromatic carbocycles. The van der Waals surface area contributed by atoms with Gasteiger partial charge in [-0.3, -0.25) is 9.59 Å². The van der Waals surface area contributed by atoms with E-state index in [4.69, 9.17) is 11.6 Å². The van der Waals surface area contributed by atoms with Crippen molar-refractivity contribution in [3.05, 3.63) is 57.9 Å². The largest absolute Gasteiger partial charge is 0.354 e. The number of rotatable bonds is 3. The van der Waals surface area contributed by atoms with Gasteiger partial charge in [0.05, 0.1) is 0 Å². The Morgan fingerprint density at radius 3 is 2.71 bits per heavy atom. The number of ketones is 1. The van der Waals surface area contributed by atoms with Gasteiger partial charge in [0.2, 0.25) is 0 Å². The van der Waals surface area contributed by atoms with E-state index in [0.717, 1.165) is 24.1 Å². The molecule has 2 heterocycles. The first-order valence-electron chi connectivity index (χ1n) is 8.21. The summed E-state index contributed by atoms with van der Waals surface area (Å²) in [6, 6.07) is 8.99. The number of carbonyl (C=O) groups is 2. The van der Waals surface area contributed by atoms with Gasteiger partial charge in [0, 0.05) is 35.3 Å². The maximum atomic E-state index is 12.8. The topological polar surface area (TPSA) is 53.2 Å². The summed E-state index contributed by atoms with van der Waals surface area (Å²) >= 11 is 5.99. The molecule has 0 bridgehead atoms. The molecule has 0 spiro atoms. The fourth-order valence-corrected chi connectivity index (χ4v) is 3.55. The quantitative estimate of drug-likeness (QED) is 0.855. The van der Waals surface area contributed by atoms with Crippen LogP contribution in [0.5, 0.6) is 0 Å². The predicted molar refractivity (Wildman–Crippen MR) is 94.7 cm³/mol. The molecular weight excluding hydrogens is 324 g/mol. The number of aromatic nitrogens is 1. The van der Waals surface area contributed by atoms with Gasteiger partial charge in [-0.05, 0) is 50.5 Å². The lowest BCUT2D eigenvalue weighted by Crippen LogP contribution is -2.42. The fraction of sp³-hybridized carbons (Fsp3) is 0.368. The molecule has 5 heteroatoms. The zero-order chi connectivity index (χ0) is 17.3. The van der Waals surface area contributed by atoms with E-state index in [1.54, 1.807) is 29.2 Å². The molecule has 1 atom stereocenters. The van der Waals surface area contributed by atoms with Crippen LogP contribution in [0.4, 0.5) is 0 Å². The number of Topliss-reactive ketones (excluding diaryl/α,β-unsaturated/α-hetero) is 1. The van der Waals surface area contributed by atoms with Crippen molar-refractivity contribution in [2.75, 3.05) is 13.1 Å². The Hall–Kier alpha value is -2.07. The smallest absolute Gasteiger partial charge is 0.270 e. The van der Waals surface area contributed by atoms with Gasteiger partial charge >= 0.3 is 0 Å². The third-order valence-electron chi connectivity index (χ3n) is 4.55. The lowest BCUT2D eigenvalue weighted by Gasteiger charge is -2.32. The Morgan fingerprint density at radius 1 is 1.25 bits per heavy atom. The van der Waals surface area contributed by atoms with Crippen LogP contribution >= 0.6 is 11.6 Å². The van der Waals surface area contributed by atoms with Crippen molar-refractivity contribution in [2.24, 2.45) is 5.92 Å². The van der Waals surface area contributed by atoms with Crippen LogP contribution in [-0.2, 0) is 0 Å². The average Bonchev–Trinajstić information content (AvgIpc) is 2.92. The zero-order valence-electron chi connectivity index (χ0n) is 13.9. The summed E-state index contributed by atoms with van der Waals surface area (Å²) in [7, 11) is 0. The van der Waals surface area contributed by atoms with E-state index < -0.39 is 0 Å². The second-order valence-electron chi connectivity index (χ2n) is 6.48. The SMILES string of the molecule is Cc1cc(C)c(C(=O)N2CCCC(C(=O)c3cccc(Cl)c3)C2)[nH]1. The lowest BCUT2D eigenvalue weighted by molar-refractivity contribution is 0.0632. The number of hydrogen-bond donors (Lipinski definition) is 1. The summed E-state index contributed by atoms with van der Waals surface area (Å²) < 4.78 is 0. The summed E-state index contributed by atoms with van der Waals surface area (Å²) in [4.78, 5) is 30.4. The van der Waals surface area contributed by atoms with Gasteiger partial charge in [-0.15, -0.1) is 0 Å². The molecular formula is C19H21ClN2O2. The van der Waals surface area contributed by atoms with E-state index in [9.17, 15) is 9.59 Å². The maximum absolute atomic E-state index is 12.8. The number of hydrogen-bond acceptors (Lipinski definition) is 2. The van der Waals surface area contributed by atoms with Gasteiger partial charge in [0.15, 0.2) is 5.78 Å². The minimum Gasteiger partial charge on any atom is -0.354 e. The molecule has 126 valence electrons. The van der Waals surface area contributed by atoms with Gasteiger partial charge in [0.25, 0.3) is 5.91 Å². The first kappa shape index (κ1) is 16.8. The van der Waals surface area contributed by atoms with Crippen LogP contribution in [-0.4, -0.2) is 34.7 Å².